The largest absolute Gasteiger partial charge is 0.480 e. The van der Waals surface area contributed by atoms with Gasteiger partial charge >= 0.3 is 5.97 Å². The van der Waals surface area contributed by atoms with Crippen molar-refractivity contribution in [1.82, 2.24) is 10.2 Å². The molecule has 0 aromatic heterocycles. The van der Waals surface area contributed by atoms with Crippen LogP contribution in [0.5, 0.6) is 0 Å². The van der Waals surface area contributed by atoms with Gasteiger partial charge in [-0.05, 0) is 38.8 Å². The second kappa shape index (κ2) is 7.41. The molecule has 1 fully saturated rings. The first-order valence-corrected chi connectivity index (χ1v) is 5.98. The summed E-state index contributed by atoms with van der Waals surface area (Å²) in [5, 5.41) is 11.5. The highest BCUT2D eigenvalue weighted by atomic mass is 16.4. The quantitative estimate of drug-likeness (QED) is 0.662. The SMILES string of the molecule is C/C=C/CN1CCCC(CNCC(=O)O)C1. The van der Waals surface area contributed by atoms with E-state index in [4.69, 9.17) is 5.11 Å². The molecule has 16 heavy (non-hydrogen) atoms. The maximum absolute atomic E-state index is 10.4. The van der Waals surface area contributed by atoms with Crippen molar-refractivity contribution in [2.45, 2.75) is 19.8 Å². The fraction of sp³-hybridized carbons (Fsp3) is 0.750. The number of nitrogens with zero attached hydrogens (tertiary/aromatic N) is 1. The van der Waals surface area contributed by atoms with Gasteiger partial charge in [0.25, 0.3) is 0 Å². The van der Waals surface area contributed by atoms with Gasteiger partial charge in [-0.2, -0.15) is 0 Å². The second-order valence-corrected chi connectivity index (χ2v) is 4.36. The van der Waals surface area contributed by atoms with Crippen LogP contribution in [0, 0.1) is 5.92 Å². The van der Waals surface area contributed by atoms with Crippen LogP contribution in [0.3, 0.4) is 0 Å². The van der Waals surface area contributed by atoms with E-state index in [0.717, 1.165) is 19.6 Å². The fourth-order valence-electron chi connectivity index (χ4n) is 2.12. The van der Waals surface area contributed by atoms with E-state index < -0.39 is 5.97 Å². The molecule has 1 unspecified atom stereocenters. The molecule has 1 aliphatic heterocycles. The molecule has 0 radical (unpaired) electrons. The number of nitrogens with one attached hydrogen (secondary N) is 1. The highest BCUT2D eigenvalue weighted by Gasteiger charge is 2.18. The van der Waals surface area contributed by atoms with Crippen LogP contribution in [0.15, 0.2) is 12.2 Å². The number of rotatable bonds is 6. The van der Waals surface area contributed by atoms with Gasteiger partial charge in [0.2, 0.25) is 0 Å². The summed E-state index contributed by atoms with van der Waals surface area (Å²) >= 11 is 0. The first-order valence-electron chi connectivity index (χ1n) is 5.98. The summed E-state index contributed by atoms with van der Waals surface area (Å²) in [4.78, 5) is 12.8. The van der Waals surface area contributed by atoms with Crippen LogP contribution >= 0.6 is 0 Å². The standard InChI is InChI=1S/C12H22N2O2/c1-2-3-6-14-7-4-5-11(10-14)8-13-9-12(15)16/h2-3,11,13H,4-10H2,1H3,(H,15,16)/b3-2+. The Bertz CT molecular complexity index is 241. The smallest absolute Gasteiger partial charge is 0.317 e. The number of carboxylic acid groups (broad SMARTS) is 1. The zero-order valence-electron chi connectivity index (χ0n) is 9.98. The number of carbonyl (C=O) groups is 1. The molecule has 0 amide bonds. The predicted octanol–water partition coefficient (Wildman–Crippen LogP) is 0.949. The van der Waals surface area contributed by atoms with Crippen LogP contribution in [0.1, 0.15) is 19.8 Å². The van der Waals surface area contributed by atoms with Crippen molar-refractivity contribution in [2.75, 3.05) is 32.7 Å². The fourth-order valence-corrected chi connectivity index (χ4v) is 2.12. The van der Waals surface area contributed by atoms with Crippen LogP contribution < -0.4 is 5.32 Å². The number of carboxylic acids is 1. The Morgan fingerprint density at radius 3 is 3.12 bits per heavy atom. The van der Waals surface area contributed by atoms with Gasteiger partial charge in [-0.1, -0.05) is 12.2 Å². The molecule has 2 N–H and O–H groups in total. The summed E-state index contributed by atoms with van der Waals surface area (Å²) in [6, 6.07) is 0. The van der Waals surface area contributed by atoms with E-state index in [0.29, 0.717) is 5.92 Å². The highest BCUT2D eigenvalue weighted by molar-refractivity contribution is 5.68. The number of hydrogen-bond donors (Lipinski definition) is 2. The van der Waals surface area contributed by atoms with Gasteiger partial charge in [0.15, 0.2) is 0 Å². The molecule has 4 nitrogen and oxygen atoms in total. The van der Waals surface area contributed by atoms with Crippen LogP contribution in [-0.4, -0.2) is 48.7 Å². The lowest BCUT2D eigenvalue weighted by molar-refractivity contribution is -0.136. The lowest BCUT2D eigenvalue weighted by atomic mass is 9.98. The molecule has 1 atom stereocenters. The molecule has 0 spiro atoms. The van der Waals surface area contributed by atoms with Gasteiger partial charge in [0, 0.05) is 13.1 Å². The van der Waals surface area contributed by atoms with Crippen molar-refractivity contribution in [3.63, 3.8) is 0 Å². The monoisotopic (exact) mass is 226 g/mol. The van der Waals surface area contributed by atoms with E-state index in [1.54, 1.807) is 0 Å². The Hall–Kier alpha value is -0.870. The molecule has 1 rings (SSSR count). The minimum Gasteiger partial charge on any atom is -0.480 e. The van der Waals surface area contributed by atoms with Crippen molar-refractivity contribution >= 4 is 5.97 Å². The second-order valence-electron chi connectivity index (χ2n) is 4.36. The van der Waals surface area contributed by atoms with Gasteiger partial charge < -0.3 is 10.4 Å². The van der Waals surface area contributed by atoms with Crippen molar-refractivity contribution in [1.29, 1.82) is 0 Å². The van der Waals surface area contributed by atoms with E-state index in [9.17, 15) is 4.79 Å². The molecule has 0 aliphatic carbocycles. The Labute approximate surface area is 97.3 Å². The van der Waals surface area contributed by atoms with Crippen molar-refractivity contribution in [2.24, 2.45) is 5.92 Å². The number of allylic oxidation sites excluding steroid dienone is 1. The minimum absolute atomic E-state index is 0.0748. The normalized spacial score (nSPS) is 22.7. The molecule has 1 saturated heterocycles. The van der Waals surface area contributed by atoms with Crippen LogP contribution in [-0.2, 0) is 4.79 Å². The van der Waals surface area contributed by atoms with Crippen LogP contribution in [0.2, 0.25) is 0 Å². The zero-order valence-corrected chi connectivity index (χ0v) is 9.98. The number of aliphatic carboxylic acids is 1. The maximum atomic E-state index is 10.4. The number of likely N-dealkylation sites (tertiary alicyclic amines) is 1. The van der Waals surface area contributed by atoms with Crippen LogP contribution in [0.4, 0.5) is 0 Å². The molecular weight excluding hydrogens is 204 g/mol. The van der Waals surface area contributed by atoms with E-state index in [-0.39, 0.29) is 6.54 Å². The Balaban J connectivity index is 2.19. The Morgan fingerprint density at radius 2 is 2.44 bits per heavy atom. The Kier molecular flexibility index (Phi) is 6.11. The molecular formula is C12H22N2O2. The molecule has 1 aliphatic rings. The summed E-state index contributed by atoms with van der Waals surface area (Å²) < 4.78 is 0. The van der Waals surface area contributed by atoms with Gasteiger partial charge in [0.1, 0.15) is 0 Å². The van der Waals surface area contributed by atoms with Crippen molar-refractivity contribution in [3.8, 4) is 0 Å². The summed E-state index contributed by atoms with van der Waals surface area (Å²) in [6.45, 7) is 6.20. The molecule has 92 valence electrons. The summed E-state index contributed by atoms with van der Waals surface area (Å²) in [7, 11) is 0. The molecule has 4 heteroatoms. The van der Waals surface area contributed by atoms with Crippen LogP contribution in [0.25, 0.3) is 0 Å². The predicted molar refractivity (Wildman–Crippen MR) is 64.5 cm³/mol. The number of piperidine rings is 1. The summed E-state index contributed by atoms with van der Waals surface area (Å²) in [5.41, 5.74) is 0. The third kappa shape index (κ3) is 5.28. The Morgan fingerprint density at radius 1 is 1.62 bits per heavy atom. The zero-order chi connectivity index (χ0) is 11.8. The highest BCUT2D eigenvalue weighted by Crippen LogP contribution is 2.15. The molecule has 0 aromatic carbocycles. The van der Waals surface area contributed by atoms with E-state index in [2.05, 4.69) is 22.4 Å². The first-order chi connectivity index (χ1) is 7.72. The third-order valence-electron chi connectivity index (χ3n) is 2.91. The third-order valence-corrected chi connectivity index (χ3v) is 2.91. The van der Waals surface area contributed by atoms with Crippen molar-refractivity contribution < 1.29 is 9.90 Å². The van der Waals surface area contributed by atoms with Gasteiger partial charge in [-0.15, -0.1) is 0 Å². The average Bonchev–Trinajstić information content (AvgIpc) is 2.26. The molecule has 1 heterocycles. The topological polar surface area (TPSA) is 52.6 Å². The van der Waals surface area contributed by atoms with Gasteiger partial charge in [-0.25, -0.2) is 0 Å². The lowest BCUT2D eigenvalue weighted by Gasteiger charge is -2.32. The van der Waals surface area contributed by atoms with Gasteiger partial charge in [0.05, 0.1) is 6.54 Å². The molecule has 0 saturated carbocycles. The summed E-state index contributed by atoms with van der Waals surface area (Å²) in [5.74, 6) is -0.181. The molecule has 0 bridgehead atoms. The lowest BCUT2D eigenvalue weighted by Crippen LogP contribution is -2.40. The first kappa shape index (κ1) is 13.2. The summed E-state index contributed by atoms with van der Waals surface area (Å²) in [6.07, 6.45) is 6.68. The van der Waals surface area contributed by atoms with E-state index >= 15 is 0 Å². The van der Waals surface area contributed by atoms with E-state index in [1.807, 2.05) is 6.92 Å². The maximum Gasteiger partial charge on any atom is 0.317 e. The van der Waals surface area contributed by atoms with E-state index in [1.165, 1.54) is 19.4 Å². The average molecular weight is 226 g/mol. The molecule has 0 aromatic rings. The minimum atomic E-state index is -0.776. The van der Waals surface area contributed by atoms with Gasteiger partial charge in [-0.3, -0.25) is 9.69 Å². The van der Waals surface area contributed by atoms with Crippen molar-refractivity contribution in [3.05, 3.63) is 12.2 Å². The number of hydrogen-bond acceptors (Lipinski definition) is 3.